The van der Waals surface area contributed by atoms with E-state index < -0.39 is 52.6 Å². The number of aliphatic hydroxyl groups excluding tert-OH is 2. The Balaban J connectivity index is 1.80. The molecule has 2 N–H and O–H groups in total. The Morgan fingerprint density at radius 3 is 2.53 bits per heavy atom. The first-order chi connectivity index (χ1) is 16.9. The lowest BCUT2D eigenvalue weighted by molar-refractivity contribution is -0.257. The van der Waals surface area contributed by atoms with Crippen LogP contribution < -0.4 is 0 Å². The van der Waals surface area contributed by atoms with Gasteiger partial charge in [0, 0.05) is 24.5 Å². The van der Waals surface area contributed by atoms with E-state index in [9.17, 15) is 24.6 Å². The minimum absolute atomic E-state index is 0.0375. The van der Waals surface area contributed by atoms with Crippen LogP contribution in [0.15, 0.2) is 11.6 Å². The van der Waals surface area contributed by atoms with Gasteiger partial charge in [-0.15, -0.1) is 0 Å². The molecule has 4 aliphatic rings. The van der Waals surface area contributed by atoms with Crippen LogP contribution in [0.2, 0.25) is 0 Å². The van der Waals surface area contributed by atoms with Crippen LogP contribution in [0.1, 0.15) is 66.7 Å². The van der Waals surface area contributed by atoms with Gasteiger partial charge in [-0.25, -0.2) is 4.79 Å². The van der Waals surface area contributed by atoms with Gasteiger partial charge in [-0.05, 0) is 43.4 Å². The molecule has 9 heteroatoms. The summed E-state index contributed by atoms with van der Waals surface area (Å²) in [6, 6.07) is 0. The summed E-state index contributed by atoms with van der Waals surface area (Å²) in [6.45, 7) is 9.35. The molecule has 2 aliphatic carbocycles. The maximum Gasteiger partial charge on any atom is 0.331 e. The van der Waals surface area contributed by atoms with E-state index in [1.165, 1.54) is 13.0 Å². The standard InChI is InChI=1S/C27H40O9/c1-6-15(2)24(32)36-20-7-8-26(14-34-26)27(13-28)21(35-17(4)29)9-16(3)25(5,23(20)27)11-19(30)18-10-22(31)33-12-18/h10,15-16,19-21,23,28,30H,6-9,11-14H2,1-5H3/t15-,16+,19-,20+,21-,23+,25-,26-,27+/m0/s1. The van der Waals surface area contributed by atoms with Crippen molar-refractivity contribution in [3.05, 3.63) is 11.6 Å². The van der Waals surface area contributed by atoms with Crippen molar-refractivity contribution < 1.29 is 43.5 Å². The molecule has 0 amide bonds. The number of cyclic esters (lactones) is 1. The number of esters is 3. The average Bonchev–Trinajstić information content (AvgIpc) is 3.48. The van der Waals surface area contributed by atoms with Crippen LogP contribution in [0.4, 0.5) is 0 Å². The molecule has 0 aromatic heterocycles. The lowest BCUT2D eigenvalue weighted by Gasteiger charge is -2.64. The van der Waals surface area contributed by atoms with Crippen LogP contribution in [-0.2, 0) is 33.3 Å². The Morgan fingerprint density at radius 2 is 2.00 bits per heavy atom. The molecule has 2 heterocycles. The van der Waals surface area contributed by atoms with E-state index in [0.717, 1.165) is 0 Å². The molecule has 9 atom stereocenters. The highest BCUT2D eigenvalue weighted by molar-refractivity contribution is 5.85. The predicted octanol–water partition coefficient (Wildman–Crippen LogP) is 2.31. The summed E-state index contributed by atoms with van der Waals surface area (Å²) >= 11 is 0. The lowest BCUT2D eigenvalue weighted by Crippen LogP contribution is -2.70. The van der Waals surface area contributed by atoms with Crippen molar-refractivity contribution >= 4 is 17.9 Å². The summed E-state index contributed by atoms with van der Waals surface area (Å²) in [4.78, 5) is 36.8. The number of aliphatic hydroxyl groups is 2. The number of carbonyl (C=O) groups excluding carboxylic acids is 3. The van der Waals surface area contributed by atoms with Crippen molar-refractivity contribution in [1.29, 1.82) is 0 Å². The molecule has 9 nitrogen and oxygen atoms in total. The summed E-state index contributed by atoms with van der Waals surface area (Å²) < 4.78 is 23.1. The largest absolute Gasteiger partial charge is 0.462 e. The molecule has 2 saturated carbocycles. The molecule has 0 radical (unpaired) electrons. The smallest absolute Gasteiger partial charge is 0.331 e. The number of ether oxygens (including phenoxy) is 4. The molecule has 4 rings (SSSR count). The van der Waals surface area contributed by atoms with Crippen molar-refractivity contribution in [1.82, 2.24) is 0 Å². The highest BCUT2D eigenvalue weighted by Crippen LogP contribution is 2.69. The van der Waals surface area contributed by atoms with Crippen molar-refractivity contribution in [3.63, 3.8) is 0 Å². The number of hydrogen-bond donors (Lipinski definition) is 2. The van der Waals surface area contributed by atoms with Gasteiger partial charge in [0.25, 0.3) is 0 Å². The molecule has 36 heavy (non-hydrogen) atoms. The maximum absolute atomic E-state index is 13.0. The van der Waals surface area contributed by atoms with Crippen molar-refractivity contribution in [2.24, 2.45) is 28.6 Å². The monoisotopic (exact) mass is 508 g/mol. The van der Waals surface area contributed by atoms with Crippen molar-refractivity contribution in [2.75, 3.05) is 19.8 Å². The second-order valence-electron chi connectivity index (χ2n) is 11.6. The molecular formula is C27H40O9. The van der Waals surface area contributed by atoms with Crippen LogP contribution >= 0.6 is 0 Å². The van der Waals surface area contributed by atoms with Gasteiger partial charge in [-0.1, -0.05) is 27.7 Å². The zero-order chi connectivity index (χ0) is 26.5. The zero-order valence-corrected chi connectivity index (χ0v) is 22.0. The van der Waals surface area contributed by atoms with Gasteiger partial charge in [0.1, 0.15) is 24.4 Å². The normalized spacial score (nSPS) is 41.1. The van der Waals surface area contributed by atoms with Gasteiger partial charge in [0.2, 0.25) is 0 Å². The van der Waals surface area contributed by atoms with E-state index >= 15 is 0 Å². The summed E-state index contributed by atoms with van der Waals surface area (Å²) in [7, 11) is 0. The Hall–Kier alpha value is -1.97. The molecule has 1 saturated heterocycles. The summed E-state index contributed by atoms with van der Waals surface area (Å²) in [5, 5.41) is 22.3. The topological polar surface area (TPSA) is 132 Å². The van der Waals surface area contributed by atoms with Crippen LogP contribution in [-0.4, -0.2) is 71.9 Å². The van der Waals surface area contributed by atoms with Crippen LogP contribution in [0.25, 0.3) is 0 Å². The predicted molar refractivity (Wildman–Crippen MR) is 127 cm³/mol. The minimum Gasteiger partial charge on any atom is -0.462 e. The zero-order valence-electron chi connectivity index (χ0n) is 22.0. The van der Waals surface area contributed by atoms with E-state index in [-0.39, 0.29) is 37.4 Å². The maximum atomic E-state index is 13.0. The fourth-order valence-electron chi connectivity index (χ4n) is 7.22. The van der Waals surface area contributed by atoms with E-state index in [1.54, 1.807) is 0 Å². The van der Waals surface area contributed by atoms with Gasteiger partial charge < -0.3 is 29.2 Å². The Labute approximate surface area is 212 Å². The van der Waals surface area contributed by atoms with E-state index in [2.05, 4.69) is 0 Å². The number of rotatable bonds is 8. The molecule has 0 bridgehead atoms. The third-order valence-electron chi connectivity index (χ3n) is 9.68. The van der Waals surface area contributed by atoms with Crippen LogP contribution in [0.3, 0.4) is 0 Å². The average molecular weight is 509 g/mol. The third-order valence-corrected chi connectivity index (χ3v) is 9.68. The Bertz CT molecular complexity index is 924. The molecule has 2 aliphatic heterocycles. The summed E-state index contributed by atoms with van der Waals surface area (Å²) in [6.07, 6.45) is 1.68. The van der Waals surface area contributed by atoms with E-state index in [1.807, 2.05) is 27.7 Å². The minimum atomic E-state index is -1.01. The number of carbonyl (C=O) groups is 3. The number of hydrogen-bond acceptors (Lipinski definition) is 9. The Kier molecular flexibility index (Phi) is 7.31. The van der Waals surface area contributed by atoms with Gasteiger partial charge in [-0.2, -0.15) is 0 Å². The summed E-state index contributed by atoms with van der Waals surface area (Å²) in [5.74, 6) is -2.03. The first-order valence-electron chi connectivity index (χ1n) is 13.1. The van der Waals surface area contributed by atoms with E-state index in [0.29, 0.717) is 37.9 Å². The van der Waals surface area contributed by atoms with Crippen molar-refractivity contribution in [2.45, 2.75) is 90.6 Å². The molecule has 0 unspecified atom stereocenters. The lowest BCUT2D eigenvalue weighted by atomic mass is 9.42. The third kappa shape index (κ3) is 4.27. The second-order valence-corrected chi connectivity index (χ2v) is 11.6. The first-order valence-corrected chi connectivity index (χ1v) is 13.1. The molecule has 3 fully saturated rings. The second kappa shape index (κ2) is 9.72. The highest BCUT2D eigenvalue weighted by atomic mass is 16.6. The summed E-state index contributed by atoms with van der Waals surface area (Å²) in [5.41, 5.74) is -1.84. The van der Waals surface area contributed by atoms with Crippen molar-refractivity contribution in [3.8, 4) is 0 Å². The van der Waals surface area contributed by atoms with Crippen LogP contribution in [0, 0.1) is 28.6 Å². The molecule has 0 aromatic carbocycles. The fraction of sp³-hybridized carbons (Fsp3) is 0.815. The quantitative estimate of drug-likeness (QED) is 0.288. The van der Waals surface area contributed by atoms with Gasteiger partial charge in [-0.3, -0.25) is 9.59 Å². The van der Waals surface area contributed by atoms with Gasteiger partial charge in [0.15, 0.2) is 0 Å². The molecule has 202 valence electrons. The van der Waals surface area contributed by atoms with Crippen LogP contribution in [0.5, 0.6) is 0 Å². The first kappa shape index (κ1) is 27.1. The van der Waals surface area contributed by atoms with Gasteiger partial charge in [0.05, 0.1) is 30.7 Å². The van der Waals surface area contributed by atoms with Gasteiger partial charge >= 0.3 is 17.9 Å². The molecule has 0 aromatic rings. The highest BCUT2D eigenvalue weighted by Gasteiger charge is 2.77. The Morgan fingerprint density at radius 1 is 1.31 bits per heavy atom. The molecular weight excluding hydrogens is 468 g/mol. The SMILES string of the molecule is CC[C@H](C)C(=O)O[C@@H]1CC[C@]2(CO2)[C@]2(CO)[C@@H](OC(C)=O)C[C@@H](C)[C@](C)(C[C@H](O)C3=CC(=O)OC3)[C@@H]12. The number of fused-ring (bicyclic) bond motifs is 2. The molecule has 1 spiro atoms. The number of epoxide rings is 1. The fourth-order valence-corrected chi connectivity index (χ4v) is 7.22. The van der Waals surface area contributed by atoms with E-state index in [4.69, 9.17) is 18.9 Å².